The minimum Gasteiger partial charge on any atom is -0.378 e. The van der Waals surface area contributed by atoms with E-state index in [0.717, 1.165) is 32.1 Å². The van der Waals surface area contributed by atoms with Gasteiger partial charge >= 0.3 is 0 Å². The number of ether oxygens (including phenoxy) is 1. The Kier molecular flexibility index (Phi) is 4.87. The summed E-state index contributed by atoms with van der Waals surface area (Å²) in [4.78, 5) is 12.2. The molecule has 5 nitrogen and oxygen atoms in total. The van der Waals surface area contributed by atoms with Gasteiger partial charge in [-0.3, -0.25) is 4.79 Å². The number of nitrogens with zero attached hydrogens (tertiary/aromatic N) is 1. The van der Waals surface area contributed by atoms with Gasteiger partial charge in [-0.25, -0.2) is 12.7 Å². The van der Waals surface area contributed by atoms with Gasteiger partial charge in [0.05, 0.1) is 11.9 Å². The Morgan fingerprint density at radius 2 is 2.05 bits per heavy atom. The number of ketones is 1. The zero-order valence-corrected chi connectivity index (χ0v) is 13.2. The Bertz CT molecular complexity index is 450. The van der Waals surface area contributed by atoms with Crippen LogP contribution in [0.25, 0.3) is 0 Å². The van der Waals surface area contributed by atoms with E-state index in [1.165, 1.54) is 10.6 Å². The minimum absolute atomic E-state index is 0.167. The number of rotatable bonds is 6. The molecule has 0 aromatic carbocycles. The first-order valence-electron chi connectivity index (χ1n) is 7.37. The van der Waals surface area contributed by atoms with Crippen molar-refractivity contribution >= 4 is 15.8 Å². The Labute approximate surface area is 121 Å². The summed E-state index contributed by atoms with van der Waals surface area (Å²) in [5.41, 5.74) is -0.220. The highest BCUT2D eigenvalue weighted by atomic mass is 32.2. The predicted octanol–water partition coefficient (Wildman–Crippen LogP) is 1.58. The van der Waals surface area contributed by atoms with Crippen LogP contribution in [-0.2, 0) is 19.6 Å². The molecule has 1 unspecified atom stereocenters. The highest BCUT2D eigenvalue weighted by molar-refractivity contribution is 7.88. The van der Waals surface area contributed by atoms with Crippen LogP contribution in [0.5, 0.6) is 0 Å². The molecule has 0 amide bonds. The number of methoxy groups -OCH3 is 1. The molecule has 0 spiro atoms. The number of piperidine rings is 1. The van der Waals surface area contributed by atoms with Crippen molar-refractivity contribution in [3.05, 3.63) is 0 Å². The van der Waals surface area contributed by atoms with Crippen LogP contribution in [0.2, 0.25) is 0 Å². The molecule has 0 bridgehead atoms. The van der Waals surface area contributed by atoms with Crippen molar-refractivity contribution in [1.82, 2.24) is 4.31 Å². The maximum Gasteiger partial charge on any atom is 0.211 e. The number of carbonyl (C=O) groups is 1. The molecule has 6 heteroatoms. The normalized spacial score (nSPS) is 27.0. The molecule has 0 aromatic rings. The fourth-order valence-corrected chi connectivity index (χ4v) is 4.21. The topological polar surface area (TPSA) is 63.7 Å². The highest BCUT2D eigenvalue weighted by Crippen LogP contribution is 2.39. The van der Waals surface area contributed by atoms with Gasteiger partial charge in [-0.1, -0.05) is 0 Å². The first kappa shape index (κ1) is 15.9. The second kappa shape index (κ2) is 6.12. The lowest BCUT2D eigenvalue weighted by Gasteiger charge is -2.40. The maximum absolute atomic E-state index is 12.2. The fourth-order valence-electron chi connectivity index (χ4n) is 3.27. The summed E-state index contributed by atoms with van der Waals surface area (Å²) >= 11 is 0. The van der Waals surface area contributed by atoms with E-state index in [2.05, 4.69) is 0 Å². The van der Waals surface area contributed by atoms with Gasteiger partial charge in [-0.05, 0) is 38.0 Å². The fraction of sp³-hybridized carbons (Fsp3) is 0.929. The second-order valence-electron chi connectivity index (χ2n) is 6.29. The van der Waals surface area contributed by atoms with Crippen molar-refractivity contribution in [1.29, 1.82) is 0 Å². The third kappa shape index (κ3) is 3.80. The van der Waals surface area contributed by atoms with E-state index in [-0.39, 0.29) is 17.3 Å². The molecule has 0 aromatic heterocycles. The van der Waals surface area contributed by atoms with E-state index >= 15 is 0 Å². The van der Waals surface area contributed by atoms with E-state index in [1.54, 1.807) is 7.11 Å². The van der Waals surface area contributed by atoms with Crippen molar-refractivity contribution in [3.8, 4) is 0 Å². The van der Waals surface area contributed by atoms with Crippen LogP contribution < -0.4 is 0 Å². The third-order valence-electron chi connectivity index (χ3n) is 4.68. The molecule has 1 heterocycles. The summed E-state index contributed by atoms with van der Waals surface area (Å²) in [6.45, 7) is 1.08. The summed E-state index contributed by atoms with van der Waals surface area (Å²) in [5, 5.41) is 0. The van der Waals surface area contributed by atoms with Crippen LogP contribution in [0.15, 0.2) is 0 Å². The zero-order valence-electron chi connectivity index (χ0n) is 12.4. The largest absolute Gasteiger partial charge is 0.378 e. The average molecular weight is 303 g/mol. The van der Waals surface area contributed by atoms with Gasteiger partial charge < -0.3 is 4.74 Å². The Morgan fingerprint density at radius 1 is 1.35 bits per heavy atom. The number of hydrogen-bond donors (Lipinski definition) is 0. The molecule has 116 valence electrons. The molecule has 1 aliphatic heterocycles. The maximum atomic E-state index is 12.2. The molecule has 2 aliphatic rings. The van der Waals surface area contributed by atoms with Crippen molar-refractivity contribution in [2.24, 2.45) is 5.92 Å². The van der Waals surface area contributed by atoms with Gasteiger partial charge in [0, 0.05) is 33.0 Å². The SMILES string of the molecule is COC1(CC(=O)CC2CCCN(S(C)(=O)=O)C2)CCC1. The average Bonchev–Trinajstić information content (AvgIpc) is 2.33. The third-order valence-corrected chi connectivity index (χ3v) is 5.95. The molecule has 2 rings (SSSR count). The van der Waals surface area contributed by atoms with Crippen molar-refractivity contribution < 1.29 is 17.9 Å². The van der Waals surface area contributed by atoms with Gasteiger partial charge in [0.1, 0.15) is 5.78 Å². The number of hydrogen-bond acceptors (Lipinski definition) is 4. The van der Waals surface area contributed by atoms with Crippen molar-refractivity contribution in [3.63, 3.8) is 0 Å². The molecule has 1 atom stereocenters. The smallest absolute Gasteiger partial charge is 0.211 e. The van der Waals surface area contributed by atoms with Gasteiger partial charge in [-0.2, -0.15) is 0 Å². The Balaban J connectivity index is 1.85. The van der Waals surface area contributed by atoms with Crippen LogP contribution in [-0.4, -0.2) is 50.6 Å². The second-order valence-corrected chi connectivity index (χ2v) is 8.27. The van der Waals surface area contributed by atoms with Gasteiger partial charge in [-0.15, -0.1) is 0 Å². The molecular formula is C14H25NO4S. The molecule has 1 aliphatic carbocycles. The summed E-state index contributed by atoms with van der Waals surface area (Å²) in [7, 11) is -1.45. The summed E-state index contributed by atoms with van der Waals surface area (Å²) in [6.07, 6.45) is 7.07. The monoisotopic (exact) mass is 303 g/mol. The molecule has 1 saturated heterocycles. The van der Waals surface area contributed by atoms with Gasteiger partial charge in [0.2, 0.25) is 10.0 Å². The van der Waals surface area contributed by atoms with Crippen LogP contribution in [0.1, 0.15) is 44.9 Å². The van der Waals surface area contributed by atoms with Crippen LogP contribution >= 0.6 is 0 Å². The lowest BCUT2D eigenvalue weighted by Crippen LogP contribution is -2.43. The molecule has 0 N–H and O–H groups in total. The molecule has 20 heavy (non-hydrogen) atoms. The molecule has 1 saturated carbocycles. The predicted molar refractivity (Wildman–Crippen MR) is 77.0 cm³/mol. The highest BCUT2D eigenvalue weighted by Gasteiger charge is 2.39. The standard InChI is InChI=1S/C14H25NO4S/c1-19-14(6-4-7-14)10-13(16)9-12-5-3-8-15(11-12)20(2,17)18/h12H,3-11H2,1-2H3. The molecule has 2 fully saturated rings. The lowest BCUT2D eigenvalue weighted by molar-refractivity contribution is -0.133. The lowest BCUT2D eigenvalue weighted by atomic mass is 9.75. The van der Waals surface area contributed by atoms with Crippen LogP contribution in [0.4, 0.5) is 0 Å². The van der Waals surface area contributed by atoms with Crippen LogP contribution in [0.3, 0.4) is 0 Å². The summed E-state index contributed by atoms with van der Waals surface area (Å²) < 4.78 is 30.1. The van der Waals surface area contributed by atoms with E-state index in [1.807, 2.05) is 0 Å². The van der Waals surface area contributed by atoms with Crippen molar-refractivity contribution in [2.45, 2.75) is 50.5 Å². The Hall–Kier alpha value is -0.460. The van der Waals surface area contributed by atoms with E-state index in [0.29, 0.717) is 25.9 Å². The van der Waals surface area contributed by atoms with E-state index in [4.69, 9.17) is 4.74 Å². The number of sulfonamides is 1. The number of Topliss-reactive ketones (excluding diaryl/α,β-unsaturated/α-hetero) is 1. The summed E-state index contributed by atoms with van der Waals surface area (Å²) in [6, 6.07) is 0. The first-order chi connectivity index (χ1) is 9.35. The summed E-state index contributed by atoms with van der Waals surface area (Å²) in [5.74, 6) is 0.381. The van der Waals surface area contributed by atoms with Crippen molar-refractivity contribution in [2.75, 3.05) is 26.5 Å². The molecular weight excluding hydrogens is 278 g/mol. The zero-order chi connectivity index (χ0) is 14.8. The van der Waals surface area contributed by atoms with Crippen LogP contribution in [0, 0.1) is 5.92 Å². The quantitative estimate of drug-likeness (QED) is 0.747. The first-order valence-corrected chi connectivity index (χ1v) is 9.21. The Morgan fingerprint density at radius 3 is 2.55 bits per heavy atom. The number of carbonyl (C=O) groups excluding carboxylic acids is 1. The van der Waals surface area contributed by atoms with E-state index in [9.17, 15) is 13.2 Å². The van der Waals surface area contributed by atoms with Gasteiger partial charge in [0.15, 0.2) is 0 Å². The minimum atomic E-state index is -3.13. The van der Waals surface area contributed by atoms with Gasteiger partial charge in [0.25, 0.3) is 0 Å². The van der Waals surface area contributed by atoms with E-state index < -0.39 is 10.0 Å². The molecule has 0 radical (unpaired) electrons.